The molecule has 0 radical (unpaired) electrons. The molecule has 26 heavy (non-hydrogen) atoms. The van der Waals surface area contributed by atoms with E-state index in [0.717, 1.165) is 5.56 Å². The first kappa shape index (κ1) is 22.2. The Morgan fingerprint density at radius 1 is 1.38 bits per heavy atom. The van der Waals surface area contributed by atoms with E-state index in [9.17, 15) is 8.42 Å². The van der Waals surface area contributed by atoms with E-state index in [1.807, 2.05) is 26.0 Å². The van der Waals surface area contributed by atoms with Crippen LogP contribution in [-0.2, 0) is 21.1 Å². The first-order chi connectivity index (χ1) is 12.4. The van der Waals surface area contributed by atoms with Crippen molar-refractivity contribution in [1.29, 1.82) is 0 Å². The van der Waals surface area contributed by atoms with Gasteiger partial charge in [-0.15, -0.1) is 0 Å². The van der Waals surface area contributed by atoms with Gasteiger partial charge in [0.1, 0.15) is 16.4 Å². The van der Waals surface area contributed by atoms with Crippen molar-refractivity contribution in [2.24, 2.45) is 4.99 Å². The van der Waals surface area contributed by atoms with Crippen LogP contribution in [0.25, 0.3) is 0 Å². The zero-order chi connectivity index (χ0) is 19.4. The number of sulfone groups is 1. The van der Waals surface area contributed by atoms with Crippen molar-refractivity contribution in [3.05, 3.63) is 23.9 Å². The highest BCUT2D eigenvalue weighted by molar-refractivity contribution is 7.90. The molecule has 0 aliphatic rings. The highest BCUT2D eigenvalue weighted by Gasteiger charge is 2.10. The van der Waals surface area contributed by atoms with Crippen molar-refractivity contribution >= 4 is 15.8 Å². The van der Waals surface area contributed by atoms with Crippen LogP contribution in [0.5, 0.6) is 5.88 Å². The Balaban J connectivity index is 2.71. The zero-order valence-electron chi connectivity index (χ0n) is 16.0. The minimum atomic E-state index is -2.97. The lowest BCUT2D eigenvalue weighted by molar-refractivity contribution is 0.143. The van der Waals surface area contributed by atoms with Crippen LogP contribution >= 0.6 is 0 Å². The summed E-state index contributed by atoms with van der Waals surface area (Å²) in [6.45, 7) is 5.91. The normalized spacial score (nSPS) is 13.3. The number of aliphatic imine (C=N–C) groups is 1. The van der Waals surface area contributed by atoms with Crippen LogP contribution in [0.3, 0.4) is 0 Å². The van der Waals surface area contributed by atoms with Crippen LogP contribution in [-0.4, -0.2) is 64.3 Å². The molecule has 1 aromatic rings. The van der Waals surface area contributed by atoms with Crippen molar-refractivity contribution in [3.63, 3.8) is 0 Å². The summed E-state index contributed by atoms with van der Waals surface area (Å²) in [7, 11) is -1.36. The molecule has 1 unspecified atom stereocenters. The van der Waals surface area contributed by atoms with E-state index in [2.05, 4.69) is 20.6 Å². The van der Waals surface area contributed by atoms with Gasteiger partial charge in [-0.05, 0) is 26.3 Å². The van der Waals surface area contributed by atoms with E-state index in [1.54, 1.807) is 13.3 Å². The number of methoxy groups -OCH3 is 1. The fourth-order valence-electron chi connectivity index (χ4n) is 2.08. The predicted molar refractivity (Wildman–Crippen MR) is 103 cm³/mol. The lowest BCUT2D eigenvalue weighted by Crippen LogP contribution is -2.42. The van der Waals surface area contributed by atoms with E-state index in [0.29, 0.717) is 44.6 Å². The second-order valence-electron chi connectivity index (χ2n) is 5.97. The zero-order valence-corrected chi connectivity index (χ0v) is 16.8. The molecule has 9 heteroatoms. The molecule has 148 valence electrons. The van der Waals surface area contributed by atoms with Gasteiger partial charge in [0, 0.05) is 37.7 Å². The maximum absolute atomic E-state index is 11.3. The molecule has 2 N–H and O–H groups in total. The highest BCUT2D eigenvalue weighted by Crippen LogP contribution is 2.15. The third-order valence-corrected chi connectivity index (χ3v) is 4.41. The summed E-state index contributed by atoms with van der Waals surface area (Å²) >= 11 is 0. The maximum Gasteiger partial charge on any atom is 0.218 e. The van der Waals surface area contributed by atoms with Gasteiger partial charge in [0.2, 0.25) is 5.88 Å². The smallest absolute Gasteiger partial charge is 0.218 e. The number of nitrogens with zero attached hydrogens (tertiary/aromatic N) is 2. The molecular weight excluding hydrogens is 356 g/mol. The Labute approximate surface area is 156 Å². The van der Waals surface area contributed by atoms with E-state index in [-0.39, 0.29) is 11.8 Å². The van der Waals surface area contributed by atoms with Gasteiger partial charge in [-0.2, -0.15) is 0 Å². The second kappa shape index (κ2) is 11.7. The Morgan fingerprint density at radius 3 is 2.81 bits per heavy atom. The van der Waals surface area contributed by atoms with Crippen LogP contribution in [0.4, 0.5) is 0 Å². The summed E-state index contributed by atoms with van der Waals surface area (Å²) in [6, 6.07) is 3.73. The lowest BCUT2D eigenvalue weighted by atomic mass is 10.2. The Hall–Kier alpha value is -1.87. The molecule has 0 fully saturated rings. The number of nitrogens with one attached hydrogen (secondary N) is 2. The molecule has 0 aliphatic heterocycles. The molecular formula is C17H30N4O4S. The molecule has 1 rings (SSSR count). The molecule has 0 aromatic carbocycles. The average molecular weight is 387 g/mol. The molecule has 1 atom stereocenters. The molecule has 0 bridgehead atoms. The number of pyridine rings is 1. The number of rotatable bonds is 11. The first-order valence-electron chi connectivity index (χ1n) is 8.64. The fourth-order valence-corrected chi connectivity index (χ4v) is 2.86. The highest BCUT2D eigenvalue weighted by atomic mass is 32.2. The van der Waals surface area contributed by atoms with E-state index < -0.39 is 9.84 Å². The van der Waals surface area contributed by atoms with Crippen molar-refractivity contribution < 1.29 is 17.9 Å². The molecule has 0 saturated carbocycles. The predicted octanol–water partition coefficient (Wildman–Crippen LogP) is 0.985. The summed E-state index contributed by atoms with van der Waals surface area (Å²) < 4.78 is 33.2. The van der Waals surface area contributed by atoms with Crippen LogP contribution in [0, 0.1) is 0 Å². The minimum absolute atomic E-state index is 0.0196. The van der Waals surface area contributed by atoms with Crippen molar-refractivity contribution in [2.45, 2.75) is 32.9 Å². The summed E-state index contributed by atoms with van der Waals surface area (Å²) in [5.74, 6) is 1.30. The van der Waals surface area contributed by atoms with Gasteiger partial charge in [-0.25, -0.2) is 18.4 Å². The molecule has 0 spiro atoms. The lowest BCUT2D eigenvalue weighted by Gasteiger charge is -2.17. The molecule has 0 aliphatic carbocycles. The van der Waals surface area contributed by atoms with Gasteiger partial charge >= 0.3 is 0 Å². The number of ether oxygens (including phenoxy) is 2. The molecule has 0 saturated heterocycles. The van der Waals surface area contributed by atoms with Crippen LogP contribution < -0.4 is 15.4 Å². The SMILES string of the molecule is CCNC(=NCc1cccnc1OCCOC)NC(C)CCS(C)(=O)=O. The number of hydrogen-bond donors (Lipinski definition) is 2. The van der Waals surface area contributed by atoms with Crippen LogP contribution in [0.2, 0.25) is 0 Å². The molecule has 0 amide bonds. The largest absolute Gasteiger partial charge is 0.475 e. The summed E-state index contributed by atoms with van der Waals surface area (Å²) in [6.07, 6.45) is 3.43. The van der Waals surface area contributed by atoms with Crippen molar-refractivity contribution in [3.8, 4) is 5.88 Å². The Kier molecular flexibility index (Phi) is 9.97. The van der Waals surface area contributed by atoms with Gasteiger partial charge < -0.3 is 20.1 Å². The average Bonchev–Trinajstić information content (AvgIpc) is 2.59. The van der Waals surface area contributed by atoms with Gasteiger partial charge in [0.05, 0.1) is 18.9 Å². The van der Waals surface area contributed by atoms with Gasteiger partial charge in [0.25, 0.3) is 0 Å². The first-order valence-corrected chi connectivity index (χ1v) is 10.7. The third kappa shape index (κ3) is 9.57. The molecule has 1 aromatic heterocycles. The summed E-state index contributed by atoms with van der Waals surface area (Å²) in [5, 5.41) is 6.39. The van der Waals surface area contributed by atoms with Crippen molar-refractivity contribution in [1.82, 2.24) is 15.6 Å². The molecule has 8 nitrogen and oxygen atoms in total. The standard InChI is InChI=1S/C17H30N4O4S/c1-5-18-17(21-14(2)8-12-26(4,22)23)20-13-15-7-6-9-19-16(15)25-11-10-24-3/h6-7,9,14H,5,8,10-13H2,1-4H3,(H2,18,20,21). The third-order valence-electron chi connectivity index (χ3n) is 3.43. The van der Waals surface area contributed by atoms with Gasteiger partial charge in [-0.3, -0.25) is 0 Å². The number of aromatic nitrogens is 1. The second-order valence-corrected chi connectivity index (χ2v) is 8.23. The van der Waals surface area contributed by atoms with E-state index >= 15 is 0 Å². The number of hydrogen-bond acceptors (Lipinski definition) is 6. The Bertz CT molecular complexity index is 664. The fraction of sp³-hybridized carbons (Fsp3) is 0.647. The Morgan fingerprint density at radius 2 is 2.15 bits per heavy atom. The van der Waals surface area contributed by atoms with Crippen LogP contribution in [0.15, 0.2) is 23.3 Å². The number of guanidine groups is 1. The van der Waals surface area contributed by atoms with E-state index in [1.165, 1.54) is 6.26 Å². The summed E-state index contributed by atoms with van der Waals surface area (Å²) in [4.78, 5) is 8.79. The monoisotopic (exact) mass is 386 g/mol. The molecule has 1 heterocycles. The maximum atomic E-state index is 11.3. The van der Waals surface area contributed by atoms with Gasteiger partial charge in [-0.1, -0.05) is 6.07 Å². The minimum Gasteiger partial charge on any atom is -0.475 e. The van der Waals surface area contributed by atoms with Gasteiger partial charge in [0.15, 0.2) is 5.96 Å². The summed E-state index contributed by atoms with van der Waals surface area (Å²) in [5.41, 5.74) is 0.865. The van der Waals surface area contributed by atoms with Crippen LogP contribution in [0.1, 0.15) is 25.8 Å². The topological polar surface area (TPSA) is 102 Å². The van der Waals surface area contributed by atoms with E-state index in [4.69, 9.17) is 9.47 Å². The van der Waals surface area contributed by atoms with Crippen molar-refractivity contribution in [2.75, 3.05) is 38.9 Å². The quantitative estimate of drug-likeness (QED) is 0.332.